The Bertz CT molecular complexity index is 541. The second-order valence-electron chi connectivity index (χ2n) is 6.37. The highest BCUT2D eigenvalue weighted by Gasteiger charge is 2.20. The molecule has 0 aromatic heterocycles. The number of rotatable bonds is 9. The van der Waals surface area contributed by atoms with Gasteiger partial charge in [0, 0.05) is 13.0 Å². The van der Waals surface area contributed by atoms with Crippen molar-refractivity contribution in [2.24, 2.45) is 5.73 Å². The van der Waals surface area contributed by atoms with Gasteiger partial charge < -0.3 is 21.1 Å². The molecule has 0 aliphatic heterocycles. The molecule has 0 fully saturated rings. The van der Waals surface area contributed by atoms with Crippen LogP contribution in [-0.2, 0) is 9.59 Å². The molecule has 0 saturated heterocycles. The average Bonchev–Trinajstić information content (AvgIpc) is 2.51. The van der Waals surface area contributed by atoms with Gasteiger partial charge in [-0.2, -0.15) is 0 Å². The summed E-state index contributed by atoms with van der Waals surface area (Å²) in [5.74, 6) is 0.557. The Balaban J connectivity index is 0.00000576. The van der Waals surface area contributed by atoms with Gasteiger partial charge in [-0.05, 0) is 51.8 Å². The quantitative estimate of drug-likeness (QED) is 0.581. The topological polar surface area (TPSA) is 93.5 Å². The van der Waals surface area contributed by atoms with Crippen molar-refractivity contribution in [3.8, 4) is 5.75 Å². The Morgan fingerprint density at radius 2 is 1.84 bits per heavy atom. The summed E-state index contributed by atoms with van der Waals surface area (Å²) < 4.78 is 5.40. The fourth-order valence-corrected chi connectivity index (χ4v) is 2.10. The molecule has 0 aliphatic rings. The Labute approximate surface area is 156 Å². The number of hydrogen-bond acceptors (Lipinski definition) is 4. The maximum absolute atomic E-state index is 12.0. The van der Waals surface area contributed by atoms with Crippen LogP contribution in [0.2, 0.25) is 0 Å². The van der Waals surface area contributed by atoms with E-state index in [0.29, 0.717) is 26.0 Å². The Morgan fingerprint density at radius 3 is 2.36 bits per heavy atom. The third-order valence-corrected chi connectivity index (χ3v) is 3.52. The van der Waals surface area contributed by atoms with E-state index in [2.05, 4.69) is 10.6 Å². The fraction of sp³-hybridized carbons (Fsp3) is 0.556. The maximum atomic E-state index is 12.0. The smallest absolute Gasteiger partial charge is 0.239 e. The van der Waals surface area contributed by atoms with E-state index in [0.717, 1.165) is 11.3 Å². The lowest BCUT2D eigenvalue weighted by Gasteiger charge is -2.18. The van der Waals surface area contributed by atoms with Gasteiger partial charge in [-0.15, -0.1) is 12.4 Å². The lowest BCUT2D eigenvalue weighted by molar-refractivity contribution is -0.126. The number of carbonyl (C=O) groups is 2. The van der Waals surface area contributed by atoms with Crippen molar-refractivity contribution in [3.05, 3.63) is 29.8 Å². The first kappa shape index (κ1) is 23.2. The van der Waals surface area contributed by atoms with Crippen molar-refractivity contribution in [2.45, 2.75) is 52.1 Å². The summed E-state index contributed by atoms with van der Waals surface area (Å²) in [6.45, 7) is 8.23. The van der Waals surface area contributed by atoms with Gasteiger partial charge in [-0.25, -0.2) is 0 Å². The first-order valence-corrected chi connectivity index (χ1v) is 8.33. The molecule has 142 valence electrons. The molecule has 1 atom stereocenters. The van der Waals surface area contributed by atoms with E-state index < -0.39 is 5.54 Å². The summed E-state index contributed by atoms with van der Waals surface area (Å²) in [6.07, 6.45) is 0.927. The largest absolute Gasteiger partial charge is 0.494 e. The second-order valence-corrected chi connectivity index (χ2v) is 6.37. The minimum atomic E-state index is -0.898. The van der Waals surface area contributed by atoms with Crippen LogP contribution in [0, 0.1) is 0 Å². The number of halogens is 1. The van der Waals surface area contributed by atoms with Crippen LogP contribution in [0.5, 0.6) is 5.75 Å². The lowest BCUT2D eigenvalue weighted by atomic mass is 10.1. The lowest BCUT2D eigenvalue weighted by Crippen LogP contribution is -2.49. The summed E-state index contributed by atoms with van der Waals surface area (Å²) in [7, 11) is 0. The van der Waals surface area contributed by atoms with Crippen molar-refractivity contribution in [1.82, 2.24) is 10.6 Å². The van der Waals surface area contributed by atoms with Gasteiger partial charge in [-0.1, -0.05) is 12.1 Å². The number of nitrogens with one attached hydrogen (secondary N) is 2. The average molecular weight is 372 g/mol. The highest BCUT2D eigenvalue weighted by atomic mass is 35.5. The van der Waals surface area contributed by atoms with E-state index >= 15 is 0 Å². The van der Waals surface area contributed by atoms with E-state index in [4.69, 9.17) is 10.5 Å². The monoisotopic (exact) mass is 371 g/mol. The van der Waals surface area contributed by atoms with Crippen molar-refractivity contribution in [1.29, 1.82) is 0 Å². The number of hydrogen-bond donors (Lipinski definition) is 3. The first-order valence-electron chi connectivity index (χ1n) is 8.33. The van der Waals surface area contributed by atoms with Crippen molar-refractivity contribution in [3.63, 3.8) is 0 Å². The maximum Gasteiger partial charge on any atom is 0.239 e. The van der Waals surface area contributed by atoms with Crippen LogP contribution in [0.15, 0.2) is 24.3 Å². The molecule has 1 aromatic rings. The number of carbonyl (C=O) groups excluding carboxylic acids is 2. The molecule has 6 nitrogen and oxygen atoms in total. The zero-order valence-corrected chi connectivity index (χ0v) is 16.2. The van der Waals surface area contributed by atoms with E-state index in [-0.39, 0.29) is 30.3 Å². The predicted octanol–water partition coefficient (Wildman–Crippen LogP) is 2.32. The van der Waals surface area contributed by atoms with Crippen LogP contribution < -0.4 is 21.1 Å². The Kier molecular flexibility index (Phi) is 10.2. The van der Waals surface area contributed by atoms with Crippen LogP contribution in [0.25, 0.3) is 0 Å². The van der Waals surface area contributed by atoms with Crippen LogP contribution in [0.1, 0.15) is 52.1 Å². The fourth-order valence-electron chi connectivity index (χ4n) is 2.10. The van der Waals surface area contributed by atoms with Gasteiger partial charge in [0.05, 0.1) is 18.2 Å². The summed E-state index contributed by atoms with van der Waals surface area (Å²) in [4.78, 5) is 23.6. The highest BCUT2D eigenvalue weighted by Crippen LogP contribution is 2.17. The third kappa shape index (κ3) is 8.74. The van der Waals surface area contributed by atoms with Crippen molar-refractivity contribution in [2.75, 3.05) is 13.2 Å². The van der Waals surface area contributed by atoms with Gasteiger partial charge in [0.15, 0.2) is 0 Å². The number of benzene rings is 1. The molecule has 4 N–H and O–H groups in total. The summed E-state index contributed by atoms with van der Waals surface area (Å²) >= 11 is 0. The molecular formula is C18H30ClN3O3. The Hall–Kier alpha value is -1.79. The number of nitrogens with two attached hydrogens (primary N) is 1. The molecule has 2 amide bonds. The zero-order valence-electron chi connectivity index (χ0n) is 15.4. The molecule has 0 spiro atoms. The molecule has 0 heterocycles. The summed E-state index contributed by atoms with van der Waals surface area (Å²) in [5, 5.41) is 5.67. The van der Waals surface area contributed by atoms with Crippen molar-refractivity contribution < 1.29 is 14.3 Å². The molecule has 1 unspecified atom stereocenters. The van der Waals surface area contributed by atoms with Crippen molar-refractivity contribution >= 4 is 24.2 Å². The normalized spacial score (nSPS) is 11.9. The molecule has 1 rings (SSSR count). The third-order valence-electron chi connectivity index (χ3n) is 3.52. The minimum absolute atomic E-state index is 0. The van der Waals surface area contributed by atoms with E-state index in [1.165, 1.54) is 0 Å². The standard InChI is InChI=1S/C18H29N3O3.ClH/c1-5-24-15-10-8-14(9-11-15)13(2)21-16(22)7-6-12-20-17(23)18(3,4)19;/h8-11,13H,5-7,12,19H2,1-4H3,(H,20,23)(H,21,22);1H. The van der Waals surface area contributed by atoms with Gasteiger partial charge in [0.2, 0.25) is 11.8 Å². The number of ether oxygens (including phenoxy) is 1. The van der Waals surface area contributed by atoms with Gasteiger partial charge in [-0.3, -0.25) is 9.59 Å². The number of amides is 2. The van der Waals surface area contributed by atoms with Crippen LogP contribution in [-0.4, -0.2) is 30.5 Å². The Morgan fingerprint density at radius 1 is 1.24 bits per heavy atom. The predicted molar refractivity (Wildman–Crippen MR) is 102 cm³/mol. The van der Waals surface area contributed by atoms with E-state index in [1.54, 1.807) is 13.8 Å². The molecule has 7 heteroatoms. The molecule has 25 heavy (non-hydrogen) atoms. The van der Waals surface area contributed by atoms with Crippen LogP contribution >= 0.6 is 12.4 Å². The van der Waals surface area contributed by atoms with E-state index in [9.17, 15) is 9.59 Å². The molecular weight excluding hydrogens is 342 g/mol. The van der Waals surface area contributed by atoms with Crippen LogP contribution in [0.4, 0.5) is 0 Å². The second kappa shape index (κ2) is 10.9. The van der Waals surface area contributed by atoms with Gasteiger partial charge >= 0.3 is 0 Å². The molecule has 1 aromatic carbocycles. The van der Waals surface area contributed by atoms with Gasteiger partial charge in [0.1, 0.15) is 5.75 Å². The van der Waals surface area contributed by atoms with Crippen LogP contribution in [0.3, 0.4) is 0 Å². The molecule has 0 bridgehead atoms. The molecule has 0 aliphatic carbocycles. The summed E-state index contributed by atoms with van der Waals surface area (Å²) in [6, 6.07) is 7.60. The molecule has 0 saturated carbocycles. The summed E-state index contributed by atoms with van der Waals surface area (Å²) in [5.41, 5.74) is 5.80. The minimum Gasteiger partial charge on any atom is -0.494 e. The zero-order chi connectivity index (χ0) is 18.2. The van der Waals surface area contributed by atoms with Gasteiger partial charge in [0.25, 0.3) is 0 Å². The SMILES string of the molecule is CCOc1ccc(C(C)NC(=O)CCCNC(=O)C(C)(C)N)cc1.Cl. The molecule has 0 radical (unpaired) electrons. The van der Waals surface area contributed by atoms with E-state index in [1.807, 2.05) is 38.1 Å². The first-order chi connectivity index (χ1) is 11.2. The highest BCUT2D eigenvalue weighted by molar-refractivity contribution is 5.85.